The third-order valence-corrected chi connectivity index (χ3v) is 3.16. The molecule has 23 heavy (non-hydrogen) atoms. The van der Waals surface area contributed by atoms with E-state index in [1.54, 1.807) is 31.2 Å². The van der Waals surface area contributed by atoms with E-state index in [0.29, 0.717) is 17.1 Å². The molecule has 0 unspecified atom stereocenters. The van der Waals surface area contributed by atoms with Gasteiger partial charge in [-0.15, -0.1) is 0 Å². The summed E-state index contributed by atoms with van der Waals surface area (Å²) in [6.07, 6.45) is -0.00905. The first kappa shape index (κ1) is 16.8. The standard InChI is InChI=1S/C18H20FNO3/c1-11(2)23-16-8-6-13(10-17(16)22-4)18(21)20-15-7-5-12(3)9-14(15)19/h5-11H,1-4H3,(H,20,21). The highest BCUT2D eigenvalue weighted by atomic mass is 19.1. The van der Waals surface area contributed by atoms with Crippen LogP contribution >= 0.6 is 0 Å². The van der Waals surface area contributed by atoms with E-state index in [4.69, 9.17) is 9.47 Å². The maximum Gasteiger partial charge on any atom is 0.255 e. The van der Waals surface area contributed by atoms with E-state index in [9.17, 15) is 9.18 Å². The molecule has 0 spiro atoms. The summed E-state index contributed by atoms with van der Waals surface area (Å²) >= 11 is 0. The van der Waals surface area contributed by atoms with Crippen LogP contribution in [0.25, 0.3) is 0 Å². The largest absolute Gasteiger partial charge is 0.493 e. The highest BCUT2D eigenvalue weighted by Crippen LogP contribution is 2.29. The summed E-state index contributed by atoms with van der Waals surface area (Å²) in [4.78, 5) is 12.3. The number of carbonyl (C=O) groups is 1. The molecule has 122 valence electrons. The van der Waals surface area contributed by atoms with E-state index >= 15 is 0 Å². The first-order chi connectivity index (χ1) is 10.9. The maximum atomic E-state index is 13.8. The Bertz CT molecular complexity index is 713. The van der Waals surface area contributed by atoms with Crippen molar-refractivity contribution in [3.8, 4) is 11.5 Å². The lowest BCUT2D eigenvalue weighted by Gasteiger charge is -2.14. The number of hydrogen-bond donors (Lipinski definition) is 1. The molecule has 2 rings (SSSR count). The Morgan fingerprint density at radius 3 is 2.48 bits per heavy atom. The van der Waals surface area contributed by atoms with Crippen molar-refractivity contribution in [1.82, 2.24) is 0 Å². The molecule has 0 aromatic heterocycles. The number of ether oxygens (including phenoxy) is 2. The van der Waals surface area contributed by atoms with Gasteiger partial charge >= 0.3 is 0 Å². The Morgan fingerprint density at radius 2 is 1.87 bits per heavy atom. The predicted molar refractivity (Wildman–Crippen MR) is 87.8 cm³/mol. The third kappa shape index (κ3) is 4.22. The van der Waals surface area contributed by atoms with E-state index in [2.05, 4.69) is 5.32 Å². The van der Waals surface area contributed by atoms with Crippen LogP contribution < -0.4 is 14.8 Å². The van der Waals surface area contributed by atoms with Crippen molar-refractivity contribution in [2.75, 3.05) is 12.4 Å². The molecule has 2 aromatic rings. The monoisotopic (exact) mass is 317 g/mol. The quantitative estimate of drug-likeness (QED) is 0.900. The molecular weight excluding hydrogens is 297 g/mol. The van der Waals surface area contributed by atoms with Crippen LogP contribution in [0, 0.1) is 12.7 Å². The zero-order valence-corrected chi connectivity index (χ0v) is 13.6. The number of carbonyl (C=O) groups excluding carboxylic acids is 1. The molecule has 5 heteroatoms. The van der Waals surface area contributed by atoms with Crippen LogP contribution in [0.2, 0.25) is 0 Å². The van der Waals surface area contributed by atoms with E-state index in [1.165, 1.54) is 19.2 Å². The molecule has 4 nitrogen and oxygen atoms in total. The van der Waals surface area contributed by atoms with Crippen molar-refractivity contribution in [2.45, 2.75) is 26.9 Å². The minimum absolute atomic E-state index is 0.00905. The number of amides is 1. The van der Waals surface area contributed by atoms with Crippen molar-refractivity contribution < 1.29 is 18.7 Å². The molecule has 2 aromatic carbocycles. The van der Waals surface area contributed by atoms with Crippen LogP contribution in [0.15, 0.2) is 36.4 Å². The smallest absolute Gasteiger partial charge is 0.255 e. The van der Waals surface area contributed by atoms with Crippen LogP contribution in [-0.4, -0.2) is 19.1 Å². The SMILES string of the molecule is COc1cc(C(=O)Nc2ccc(C)cc2F)ccc1OC(C)C. The second-order valence-electron chi connectivity index (χ2n) is 5.47. The summed E-state index contributed by atoms with van der Waals surface area (Å²) < 4.78 is 24.7. The van der Waals surface area contributed by atoms with Crippen molar-refractivity contribution in [3.05, 3.63) is 53.3 Å². The molecule has 0 radical (unpaired) electrons. The zero-order valence-electron chi connectivity index (χ0n) is 13.6. The molecule has 1 N–H and O–H groups in total. The van der Waals surface area contributed by atoms with Gasteiger partial charge in [-0.25, -0.2) is 4.39 Å². The van der Waals surface area contributed by atoms with Crippen molar-refractivity contribution in [3.63, 3.8) is 0 Å². The predicted octanol–water partition coefficient (Wildman–Crippen LogP) is 4.18. The van der Waals surface area contributed by atoms with Crippen molar-refractivity contribution in [1.29, 1.82) is 0 Å². The molecule has 0 aliphatic carbocycles. The van der Waals surface area contributed by atoms with Gasteiger partial charge in [0.2, 0.25) is 0 Å². The Kier molecular flexibility index (Phi) is 5.21. The lowest BCUT2D eigenvalue weighted by Crippen LogP contribution is -2.14. The van der Waals surface area contributed by atoms with Crippen LogP contribution in [0.5, 0.6) is 11.5 Å². The fourth-order valence-corrected chi connectivity index (χ4v) is 2.08. The first-order valence-corrected chi connectivity index (χ1v) is 7.33. The summed E-state index contributed by atoms with van der Waals surface area (Å²) in [6, 6.07) is 9.49. The van der Waals surface area contributed by atoms with E-state index in [0.717, 1.165) is 5.56 Å². The number of aryl methyl sites for hydroxylation is 1. The number of halogens is 1. The van der Waals surface area contributed by atoms with Crippen LogP contribution in [0.4, 0.5) is 10.1 Å². The Morgan fingerprint density at radius 1 is 1.13 bits per heavy atom. The second kappa shape index (κ2) is 7.13. The second-order valence-corrected chi connectivity index (χ2v) is 5.47. The molecule has 1 amide bonds. The molecule has 0 aliphatic rings. The fourth-order valence-electron chi connectivity index (χ4n) is 2.08. The number of methoxy groups -OCH3 is 1. The Balaban J connectivity index is 2.22. The third-order valence-electron chi connectivity index (χ3n) is 3.16. The minimum atomic E-state index is -0.468. The van der Waals surface area contributed by atoms with Gasteiger partial charge in [-0.1, -0.05) is 6.07 Å². The number of rotatable bonds is 5. The van der Waals surface area contributed by atoms with Gasteiger partial charge in [-0.05, 0) is 56.7 Å². The van der Waals surface area contributed by atoms with Gasteiger partial charge in [0.15, 0.2) is 11.5 Å². The summed E-state index contributed by atoms with van der Waals surface area (Å²) in [5.41, 5.74) is 1.29. The van der Waals surface area contributed by atoms with Crippen LogP contribution in [0.1, 0.15) is 29.8 Å². The lowest BCUT2D eigenvalue weighted by atomic mass is 10.1. The van der Waals surface area contributed by atoms with Crippen molar-refractivity contribution in [2.24, 2.45) is 0 Å². The van der Waals surface area contributed by atoms with E-state index in [-0.39, 0.29) is 11.8 Å². The zero-order chi connectivity index (χ0) is 17.0. The summed E-state index contributed by atoms with van der Waals surface area (Å²) in [6.45, 7) is 5.59. The number of benzene rings is 2. The maximum absolute atomic E-state index is 13.8. The summed E-state index contributed by atoms with van der Waals surface area (Å²) in [7, 11) is 1.50. The highest BCUT2D eigenvalue weighted by molar-refractivity contribution is 6.04. The van der Waals surface area contributed by atoms with Gasteiger partial charge < -0.3 is 14.8 Å². The summed E-state index contributed by atoms with van der Waals surface area (Å²) in [5.74, 6) is 0.128. The Labute approximate surface area is 135 Å². The minimum Gasteiger partial charge on any atom is -0.493 e. The molecule has 0 fully saturated rings. The molecule has 0 atom stereocenters. The van der Waals surface area contributed by atoms with Crippen LogP contribution in [0.3, 0.4) is 0 Å². The fraction of sp³-hybridized carbons (Fsp3) is 0.278. The molecule has 0 aliphatic heterocycles. The van der Waals surface area contributed by atoms with Gasteiger partial charge in [-0.2, -0.15) is 0 Å². The molecule has 0 bridgehead atoms. The Hall–Kier alpha value is -2.56. The molecule has 0 heterocycles. The average Bonchev–Trinajstić information content (AvgIpc) is 2.49. The number of nitrogens with one attached hydrogen (secondary N) is 1. The molecular formula is C18H20FNO3. The van der Waals surface area contributed by atoms with Gasteiger partial charge in [0.25, 0.3) is 5.91 Å². The summed E-state index contributed by atoms with van der Waals surface area (Å²) in [5, 5.41) is 2.55. The van der Waals surface area contributed by atoms with Gasteiger partial charge in [-0.3, -0.25) is 4.79 Å². The number of hydrogen-bond acceptors (Lipinski definition) is 3. The van der Waals surface area contributed by atoms with Gasteiger partial charge in [0, 0.05) is 5.56 Å². The topological polar surface area (TPSA) is 47.6 Å². The van der Waals surface area contributed by atoms with Crippen molar-refractivity contribution >= 4 is 11.6 Å². The molecule has 0 saturated heterocycles. The number of anilines is 1. The normalized spacial score (nSPS) is 10.5. The van der Waals surface area contributed by atoms with E-state index < -0.39 is 11.7 Å². The van der Waals surface area contributed by atoms with Gasteiger partial charge in [0.05, 0.1) is 18.9 Å². The molecule has 0 saturated carbocycles. The van der Waals surface area contributed by atoms with Gasteiger partial charge in [0.1, 0.15) is 5.82 Å². The van der Waals surface area contributed by atoms with E-state index in [1.807, 2.05) is 13.8 Å². The lowest BCUT2D eigenvalue weighted by molar-refractivity contribution is 0.102. The van der Waals surface area contributed by atoms with Crippen LogP contribution in [-0.2, 0) is 0 Å². The average molecular weight is 317 g/mol. The highest BCUT2D eigenvalue weighted by Gasteiger charge is 2.13. The first-order valence-electron chi connectivity index (χ1n) is 7.33.